The number of nitrogens with zero attached hydrogens (tertiary/aromatic N) is 1. The van der Waals surface area contributed by atoms with Crippen LogP contribution in [0.25, 0.3) is 0 Å². The van der Waals surface area contributed by atoms with Gasteiger partial charge in [0.15, 0.2) is 6.61 Å². The number of carbonyl (C=O) groups excluding carboxylic acids is 3. The van der Waals surface area contributed by atoms with Crippen LogP contribution in [-0.4, -0.2) is 41.9 Å². The lowest BCUT2D eigenvalue weighted by Gasteiger charge is -2.29. The lowest BCUT2D eigenvalue weighted by atomic mass is 9.86. The molecule has 10 heteroatoms. The third-order valence-electron chi connectivity index (χ3n) is 4.62. The Morgan fingerprint density at radius 3 is 2.68 bits per heavy atom. The number of hydrogen-bond acceptors (Lipinski definition) is 6. The number of hydrogen-bond donors (Lipinski definition) is 2. The van der Waals surface area contributed by atoms with Crippen LogP contribution in [0, 0.1) is 16.0 Å². The lowest BCUT2D eigenvalue weighted by molar-refractivity contribution is -0.384. The molecule has 2 N–H and O–H groups in total. The number of benzene rings is 1. The molecule has 0 heterocycles. The van der Waals surface area contributed by atoms with Crippen molar-refractivity contribution in [3.05, 3.63) is 38.9 Å². The molecular weight excluding hydrogens is 390 g/mol. The first-order chi connectivity index (χ1) is 13.3. The first-order valence-electron chi connectivity index (χ1n) is 8.95. The number of ether oxygens (including phenoxy) is 1. The van der Waals surface area contributed by atoms with Crippen LogP contribution < -0.4 is 10.6 Å². The molecule has 2 atom stereocenters. The number of nitrogens with one attached hydrogen (secondary N) is 2. The van der Waals surface area contributed by atoms with Crippen molar-refractivity contribution in [3.63, 3.8) is 0 Å². The van der Waals surface area contributed by atoms with Crippen LogP contribution in [0.4, 0.5) is 5.69 Å². The highest BCUT2D eigenvalue weighted by Crippen LogP contribution is 2.25. The minimum Gasteiger partial charge on any atom is -0.454 e. The van der Waals surface area contributed by atoms with E-state index in [1.807, 2.05) is 0 Å². The first kappa shape index (κ1) is 21.6. The van der Waals surface area contributed by atoms with E-state index in [0.29, 0.717) is 5.92 Å². The number of halogens is 1. The van der Waals surface area contributed by atoms with Crippen LogP contribution in [0.15, 0.2) is 18.2 Å². The summed E-state index contributed by atoms with van der Waals surface area (Å²) in [7, 11) is 0. The van der Waals surface area contributed by atoms with Gasteiger partial charge in [0.05, 0.1) is 4.92 Å². The van der Waals surface area contributed by atoms with Crippen LogP contribution in [0.5, 0.6) is 0 Å². The van der Waals surface area contributed by atoms with E-state index in [9.17, 15) is 24.5 Å². The van der Waals surface area contributed by atoms with Gasteiger partial charge in [-0.3, -0.25) is 24.5 Å². The van der Waals surface area contributed by atoms with Crippen LogP contribution in [-0.2, 0) is 14.3 Å². The summed E-state index contributed by atoms with van der Waals surface area (Å²) < 4.78 is 4.85. The molecule has 1 aliphatic rings. The highest BCUT2D eigenvalue weighted by Gasteiger charge is 2.23. The minimum atomic E-state index is -0.788. The normalized spacial score (nSPS) is 18.8. The van der Waals surface area contributed by atoms with Crippen molar-refractivity contribution in [1.82, 2.24) is 10.6 Å². The fourth-order valence-electron chi connectivity index (χ4n) is 3.02. The molecule has 0 radical (unpaired) electrons. The summed E-state index contributed by atoms with van der Waals surface area (Å²) in [4.78, 5) is 45.8. The van der Waals surface area contributed by atoms with Crippen molar-refractivity contribution in [2.45, 2.75) is 38.6 Å². The standard InChI is InChI=1S/C18H22ClN3O6/c1-11-4-2-3-5-14(11)21-16(23)10-28-17(24)9-20-18(25)12-6-7-13(19)15(8-12)22(26)27/h6-8,11,14H,2-5,9-10H2,1H3,(H,20,25)(H,21,23)/t11-,14+/m1/s1. The minimum absolute atomic E-state index is 0.0204. The van der Waals surface area contributed by atoms with E-state index in [4.69, 9.17) is 16.3 Å². The molecule has 1 aromatic carbocycles. The molecule has 0 bridgehead atoms. The Morgan fingerprint density at radius 1 is 1.29 bits per heavy atom. The van der Waals surface area contributed by atoms with E-state index in [-0.39, 0.29) is 22.5 Å². The number of nitro benzene ring substituents is 1. The molecule has 1 aliphatic carbocycles. The van der Waals surface area contributed by atoms with Gasteiger partial charge in [0.1, 0.15) is 11.6 Å². The molecule has 0 spiro atoms. The average molecular weight is 412 g/mol. The maximum absolute atomic E-state index is 12.0. The number of carbonyl (C=O) groups is 3. The van der Waals surface area contributed by atoms with Gasteiger partial charge >= 0.3 is 5.97 Å². The molecule has 1 aromatic rings. The van der Waals surface area contributed by atoms with Gasteiger partial charge in [-0.1, -0.05) is 31.4 Å². The molecule has 28 heavy (non-hydrogen) atoms. The maximum atomic E-state index is 12.0. The molecule has 1 saturated carbocycles. The number of esters is 1. The summed E-state index contributed by atoms with van der Waals surface area (Å²) in [6, 6.07) is 3.63. The summed E-state index contributed by atoms with van der Waals surface area (Å²) in [6.07, 6.45) is 4.17. The lowest BCUT2D eigenvalue weighted by Crippen LogP contribution is -2.43. The van der Waals surface area contributed by atoms with Gasteiger partial charge < -0.3 is 15.4 Å². The van der Waals surface area contributed by atoms with Gasteiger partial charge in [-0.2, -0.15) is 0 Å². The van der Waals surface area contributed by atoms with E-state index in [2.05, 4.69) is 17.6 Å². The summed E-state index contributed by atoms with van der Waals surface area (Å²) >= 11 is 5.69. The average Bonchev–Trinajstić information content (AvgIpc) is 2.66. The molecule has 152 valence electrons. The quantitative estimate of drug-likeness (QED) is 0.402. The van der Waals surface area contributed by atoms with E-state index < -0.39 is 35.6 Å². The second-order valence-electron chi connectivity index (χ2n) is 6.70. The van der Waals surface area contributed by atoms with Gasteiger partial charge in [0.25, 0.3) is 17.5 Å². The van der Waals surface area contributed by atoms with Gasteiger partial charge in [-0.25, -0.2) is 0 Å². The predicted octanol–water partition coefficient (Wildman–Crippen LogP) is 2.22. The fourth-order valence-corrected chi connectivity index (χ4v) is 3.21. The molecular formula is C18H22ClN3O6. The van der Waals surface area contributed by atoms with Gasteiger partial charge in [0, 0.05) is 17.7 Å². The second kappa shape index (κ2) is 10.0. The largest absolute Gasteiger partial charge is 0.454 e. The summed E-state index contributed by atoms with van der Waals surface area (Å²) in [5.74, 6) is -1.48. The van der Waals surface area contributed by atoms with E-state index in [1.54, 1.807) is 0 Å². The van der Waals surface area contributed by atoms with E-state index in [1.165, 1.54) is 12.1 Å². The van der Waals surface area contributed by atoms with Crippen molar-refractivity contribution < 1.29 is 24.0 Å². The molecule has 0 unspecified atom stereocenters. The molecule has 2 amide bonds. The van der Waals surface area contributed by atoms with Gasteiger partial charge in [0.2, 0.25) is 0 Å². The predicted molar refractivity (Wildman–Crippen MR) is 101 cm³/mol. The Hall–Kier alpha value is -2.68. The van der Waals surface area contributed by atoms with Crippen molar-refractivity contribution in [3.8, 4) is 0 Å². The molecule has 9 nitrogen and oxygen atoms in total. The summed E-state index contributed by atoms with van der Waals surface area (Å²) in [6.45, 7) is 1.18. The van der Waals surface area contributed by atoms with E-state index in [0.717, 1.165) is 31.7 Å². The SMILES string of the molecule is C[C@@H]1CCCC[C@@H]1NC(=O)COC(=O)CNC(=O)c1ccc(Cl)c([N+](=O)[O-])c1. The Bertz CT molecular complexity index is 770. The summed E-state index contributed by atoms with van der Waals surface area (Å²) in [5, 5.41) is 15.9. The number of nitro groups is 1. The van der Waals surface area contributed by atoms with Crippen molar-refractivity contribution in [1.29, 1.82) is 0 Å². The molecule has 0 saturated heterocycles. The zero-order valence-electron chi connectivity index (χ0n) is 15.4. The maximum Gasteiger partial charge on any atom is 0.325 e. The topological polar surface area (TPSA) is 128 Å². The third kappa shape index (κ3) is 6.19. The summed E-state index contributed by atoms with van der Waals surface area (Å²) in [5.41, 5.74) is -0.432. The third-order valence-corrected chi connectivity index (χ3v) is 4.94. The van der Waals surface area contributed by atoms with Crippen LogP contribution in [0.3, 0.4) is 0 Å². The van der Waals surface area contributed by atoms with Crippen LogP contribution >= 0.6 is 11.6 Å². The van der Waals surface area contributed by atoms with Gasteiger partial charge in [-0.15, -0.1) is 0 Å². The zero-order chi connectivity index (χ0) is 20.7. The highest BCUT2D eigenvalue weighted by molar-refractivity contribution is 6.32. The van der Waals surface area contributed by atoms with Gasteiger partial charge in [-0.05, 0) is 30.9 Å². The smallest absolute Gasteiger partial charge is 0.325 e. The number of rotatable bonds is 7. The van der Waals surface area contributed by atoms with Crippen molar-refractivity contribution in [2.24, 2.45) is 5.92 Å². The monoisotopic (exact) mass is 411 g/mol. The molecule has 2 rings (SSSR count). The first-order valence-corrected chi connectivity index (χ1v) is 9.33. The highest BCUT2D eigenvalue weighted by atomic mass is 35.5. The van der Waals surface area contributed by atoms with E-state index >= 15 is 0 Å². The molecule has 1 fully saturated rings. The molecule has 0 aromatic heterocycles. The van der Waals surface area contributed by atoms with Crippen molar-refractivity contribution >= 4 is 35.1 Å². The second-order valence-corrected chi connectivity index (χ2v) is 7.11. The Balaban J connectivity index is 1.76. The Labute approximate surface area is 166 Å². The van der Waals surface area contributed by atoms with Crippen LogP contribution in [0.1, 0.15) is 43.0 Å². The number of amides is 2. The van der Waals surface area contributed by atoms with Crippen LogP contribution in [0.2, 0.25) is 5.02 Å². The molecule has 0 aliphatic heterocycles. The Morgan fingerprint density at radius 2 is 2.00 bits per heavy atom. The zero-order valence-corrected chi connectivity index (χ0v) is 16.2. The Kier molecular flexibility index (Phi) is 7.74. The fraction of sp³-hybridized carbons (Fsp3) is 0.500. The van der Waals surface area contributed by atoms with Crippen molar-refractivity contribution in [2.75, 3.05) is 13.2 Å².